The van der Waals surface area contributed by atoms with Gasteiger partial charge in [0.1, 0.15) is 0 Å². The van der Waals surface area contributed by atoms with Gasteiger partial charge in [-0.25, -0.2) is 0 Å². The van der Waals surface area contributed by atoms with Crippen LogP contribution in [0.2, 0.25) is 0 Å². The Labute approximate surface area is 112 Å². The Morgan fingerprint density at radius 1 is 1.28 bits per heavy atom. The lowest BCUT2D eigenvalue weighted by Crippen LogP contribution is -2.30. The number of anilines is 1. The molecule has 102 valence electrons. The van der Waals surface area contributed by atoms with Crippen LogP contribution in [-0.2, 0) is 6.54 Å². The lowest BCUT2D eigenvalue weighted by Gasteiger charge is -2.25. The number of hydrogen-bond donors (Lipinski definition) is 1. The largest absolute Gasteiger partial charge is 0.385 e. The molecule has 1 aromatic heterocycles. The summed E-state index contributed by atoms with van der Waals surface area (Å²) < 4.78 is 0. The fourth-order valence-electron chi connectivity index (χ4n) is 2.24. The molecular formula is C15H27N3. The summed E-state index contributed by atoms with van der Waals surface area (Å²) in [5, 5.41) is 3.41. The van der Waals surface area contributed by atoms with Gasteiger partial charge in [-0.1, -0.05) is 20.8 Å². The second kappa shape index (κ2) is 8.09. The Kier molecular flexibility index (Phi) is 6.73. The van der Waals surface area contributed by atoms with Gasteiger partial charge in [0.15, 0.2) is 0 Å². The predicted octanol–water partition coefficient (Wildman–Crippen LogP) is 3.52. The van der Waals surface area contributed by atoms with E-state index in [-0.39, 0.29) is 0 Å². The highest BCUT2D eigenvalue weighted by Gasteiger charge is 2.11. The quantitative estimate of drug-likeness (QED) is 0.764. The maximum atomic E-state index is 4.46. The number of nitrogens with zero attached hydrogens (tertiary/aromatic N) is 2. The highest BCUT2D eigenvalue weighted by Crippen LogP contribution is 2.13. The van der Waals surface area contributed by atoms with E-state index in [4.69, 9.17) is 0 Å². The smallest absolute Gasteiger partial charge is 0.0564 e. The van der Waals surface area contributed by atoms with E-state index < -0.39 is 0 Å². The summed E-state index contributed by atoms with van der Waals surface area (Å²) in [6.07, 6.45) is 5.43. The van der Waals surface area contributed by atoms with E-state index in [1.165, 1.54) is 18.5 Å². The molecule has 0 aliphatic carbocycles. The van der Waals surface area contributed by atoms with Crippen LogP contribution in [-0.4, -0.2) is 29.5 Å². The Morgan fingerprint density at radius 3 is 2.61 bits per heavy atom. The normalized spacial score (nSPS) is 11.2. The van der Waals surface area contributed by atoms with Gasteiger partial charge in [-0.2, -0.15) is 0 Å². The first-order valence-corrected chi connectivity index (χ1v) is 7.10. The summed E-state index contributed by atoms with van der Waals surface area (Å²) in [7, 11) is 2.19. The number of hydrogen-bond acceptors (Lipinski definition) is 3. The van der Waals surface area contributed by atoms with Gasteiger partial charge in [0.25, 0.3) is 0 Å². The molecule has 3 nitrogen and oxygen atoms in total. The first-order valence-electron chi connectivity index (χ1n) is 7.10. The van der Waals surface area contributed by atoms with Crippen molar-refractivity contribution in [3.63, 3.8) is 0 Å². The van der Waals surface area contributed by atoms with Gasteiger partial charge in [-0.05, 0) is 38.4 Å². The van der Waals surface area contributed by atoms with Crippen LogP contribution in [0, 0.1) is 0 Å². The van der Waals surface area contributed by atoms with Crippen LogP contribution in [0.1, 0.15) is 45.7 Å². The molecule has 1 aromatic rings. The van der Waals surface area contributed by atoms with E-state index in [1.807, 2.05) is 12.3 Å². The molecule has 0 unspecified atom stereocenters. The van der Waals surface area contributed by atoms with E-state index in [0.29, 0.717) is 6.04 Å². The summed E-state index contributed by atoms with van der Waals surface area (Å²) in [4.78, 5) is 6.85. The van der Waals surface area contributed by atoms with E-state index in [2.05, 4.69) is 49.1 Å². The molecule has 1 N–H and O–H groups in total. The van der Waals surface area contributed by atoms with Crippen molar-refractivity contribution in [2.45, 2.75) is 52.6 Å². The maximum absolute atomic E-state index is 4.46. The van der Waals surface area contributed by atoms with Gasteiger partial charge in [0.2, 0.25) is 0 Å². The van der Waals surface area contributed by atoms with Crippen LogP contribution in [0.15, 0.2) is 18.3 Å². The van der Waals surface area contributed by atoms with Crippen molar-refractivity contribution < 1.29 is 0 Å². The average molecular weight is 249 g/mol. The molecule has 0 fully saturated rings. The molecule has 18 heavy (non-hydrogen) atoms. The van der Waals surface area contributed by atoms with Crippen molar-refractivity contribution in [1.82, 2.24) is 9.88 Å². The zero-order valence-electron chi connectivity index (χ0n) is 12.2. The first kappa shape index (κ1) is 15.0. The third-order valence-electron chi connectivity index (χ3n) is 3.37. The minimum Gasteiger partial charge on any atom is -0.385 e. The molecule has 0 aromatic carbocycles. The molecule has 0 spiro atoms. The summed E-state index contributed by atoms with van der Waals surface area (Å²) in [5.41, 5.74) is 2.32. The van der Waals surface area contributed by atoms with E-state index in [1.54, 1.807) is 0 Å². The third kappa shape index (κ3) is 4.65. The highest BCUT2D eigenvalue weighted by atomic mass is 15.1. The molecule has 0 radical (unpaired) electrons. The van der Waals surface area contributed by atoms with Crippen LogP contribution in [0.25, 0.3) is 0 Å². The standard InChI is InChI=1S/C15H27N3/c1-5-9-16-13-8-10-17-14(11-13)12-18(4)15(6-2)7-3/h8,10-11,15H,5-7,9,12H2,1-4H3,(H,16,17). The van der Waals surface area contributed by atoms with Crippen LogP contribution in [0.4, 0.5) is 5.69 Å². The SMILES string of the molecule is CCCNc1ccnc(CN(C)C(CC)CC)c1. The van der Waals surface area contributed by atoms with Crippen molar-refractivity contribution in [2.75, 3.05) is 18.9 Å². The van der Waals surface area contributed by atoms with Gasteiger partial charge in [-0.15, -0.1) is 0 Å². The second-order valence-electron chi connectivity index (χ2n) is 4.85. The lowest BCUT2D eigenvalue weighted by atomic mass is 10.1. The topological polar surface area (TPSA) is 28.2 Å². The molecular weight excluding hydrogens is 222 g/mol. The van der Waals surface area contributed by atoms with Crippen LogP contribution in [0.3, 0.4) is 0 Å². The number of aromatic nitrogens is 1. The van der Waals surface area contributed by atoms with Crippen LogP contribution in [0.5, 0.6) is 0 Å². The molecule has 0 amide bonds. The van der Waals surface area contributed by atoms with E-state index >= 15 is 0 Å². The molecule has 3 heteroatoms. The molecule has 1 heterocycles. The fourth-order valence-corrected chi connectivity index (χ4v) is 2.24. The zero-order valence-corrected chi connectivity index (χ0v) is 12.2. The van der Waals surface area contributed by atoms with Crippen molar-refractivity contribution in [1.29, 1.82) is 0 Å². The monoisotopic (exact) mass is 249 g/mol. The average Bonchev–Trinajstić information content (AvgIpc) is 2.38. The molecule has 0 bridgehead atoms. The summed E-state index contributed by atoms with van der Waals surface area (Å²) in [5.74, 6) is 0. The first-order chi connectivity index (χ1) is 8.71. The van der Waals surface area contributed by atoms with Crippen LogP contribution >= 0.6 is 0 Å². The summed E-state index contributed by atoms with van der Waals surface area (Å²) in [6.45, 7) is 8.62. The molecule has 0 aliphatic rings. The van der Waals surface area contributed by atoms with Crippen molar-refractivity contribution in [2.24, 2.45) is 0 Å². The Morgan fingerprint density at radius 2 is 2.00 bits per heavy atom. The van der Waals surface area contributed by atoms with Gasteiger partial charge in [-0.3, -0.25) is 9.88 Å². The second-order valence-corrected chi connectivity index (χ2v) is 4.85. The summed E-state index contributed by atoms with van der Waals surface area (Å²) in [6, 6.07) is 4.85. The number of nitrogens with one attached hydrogen (secondary N) is 1. The predicted molar refractivity (Wildman–Crippen MR) is 78.9 cm³/mol. The van der Waals surface area contributed by atoms with Crippen molar-refractivity contribution >= 4 is 5.69 Å². The number of rotatable bonds is 8. The Hall–Kier alpha value is -1.09. The minimum atomic E-state index is 0.652. The van der Waals surface area contributed by atoms with E-state index in [0.717, 1.165) is 25.2 Å². The van der Waals surface area contributed by atoms with Crippen LogP contribution < -0.4 is 5.32 Å². The molecule has 1 rings (SSSR count). The van der Waals surface area contributed by atoms with Gasteiger partial charge < -0.3 is 5.32 Å². The molecule has 0 aliphatic heterocycles. The zero-order chi connectivity index (χ0) is 13.4. The Balaban J connectivity index is 2.60. The number of pyridine rings is 1. The van der Waals surface area contributed by atoms with Crippen molar-refractivity contribution in [3.8, 4) is 0 Å². The lowest BCUT2D eigenvalue weighted by molar-refractivity contribution is 0.219. The molecule has 0 saturated heterocycles. The highest BCUT2D eigenvalue weighted by molar-refractivity contribution is 5.43. The third-order valence-corrected chi connectivity index (χ3v) is 3.37. The van der Waals surface area contributed by atoms with Gasteiger partial charge in [0.05, 0.1) is 5.69 Å². The molecule has 0 atom stereocenters. The van der Waals surface area contributed by atoms with E-state index in [9.17, 15) is 0 Å². The fraction of sp³-hybridized carbons (Fsp3) is 0.667. The van der Waals surface area contributed by atoms with Crippen molar-refractivity contribution in [3.05, 3.63) is 24.0 Å². The minimum absolute atomic E-state index is 0.652. The summed E-state index contributed by atoms with van der Waals surface area (Å²) >= 11 is 0. The van der Waals surface area contributed by atoms with Gasteiger partial charge >= 0.3 is 0 Å². The molecule has 0 saturated carbocycles. The Bertz CT molecular complexity index is 334. The van der Waals surface area contributed by atoms with Gasteiger partial charge in [0, 0.05) is 31.0 Å². The maximum Gasteiger partial charge on any atom is 0.0564 e.